The number of anilines is 1. The molecule has 1 unspecified atom stereocenters. The summed E-state index contributed by atoms with van der Waals surface area (Å²) in [5, 5.41) is 18.3. The SMILES string of the molecule is CS(=O)Nc1ccc(-c2cccc(B(O)O)c2)cc1. The first-order valence-corrected chi connectivity index (χ1v) is 7.28. The first-order valence-electron chi connectivity index (χ1n) is 5.73. The molecule has 0 heterocycles. The van der Waals surface area contributed by atoms with E-state index in [1.165, 1.54) is 0 Å². The highest BCUT2D eigenvalue weighted by molar-refractivity contribution is 7.85. The van der Waals surface area contributed by atoms with Gasteiger partial charge in [-0.05, 0) is 28.7 Å². The van der Waals surface area contributed by atoms with Crippen molar-refractivity contribution in [2.75, 3.05) is 11.0 Å². The van der Waals surface area contributed by atoms with Crippen LogP contribution in [0.4, 0.5) is 5.69 Å². The molecule has 0 spiro atoms. The molecule has 2 rings (SSSR count). The van der Waals surface area contributed by atoms with Crippen molar-refractivity contribution >= 4 is 29.3 Å². The molecule has 0 aliphatic carbocycles. The summed E-state index contributed by atoms with van der Waals surface area (Å²) in [7, 11) is -2.56. The number of benzene rings is 2. The zero-order chi connectivity index (χ0) is 13.8. The molecule has 2 aromatic rings. The van der Waals surface area contributed by atoms with Gasteiger partial charge >= 0.3 is 7.12 Å². The smallest absolute Gasteiger partial charge is 0.423 e. The zero-order valence-electron chi connectivity index (χ0n) is 10.4. The molecule has 6 heteroatoms. The molecule has 19 heavy (non-hydrogen) atoms. The highest BCUT2D eigenvalue weighted by atomic mass is 32.2. The van der Waals surface area contributed by atoms with Gasteiger partial charge in [-0.25, -0.2) is 4.21 Å². The molecule has 0 aromatic heterocycles. The van der Waals surface area contributed by atoms with Crippen molar-refractivity contribution in [2.24, 2.45) is 0 Å². The van der Waals surface area contributed by atoms with Gasteiger partial charge in [0, 0.05) is 11.9 Å². The van der Waals surface area contributed by atoms with Gasteiger partial charge in [-0.3, -0.25) is 0 Å². The van der Waals surface area contributed by atoms with Crippen LogP contribution in [-0.2, 0) is 11.0 Å². The van der Waals surface area contributed by atoms with Crippen LogP contribution in [0.15, 0.2) is 48.5 Å². The molecule has 2 aromatic carbocycles. The molecular weight excluding hydrogens is 261 g/mol. The topological polar surface area (TPSA) is 69.6 Å². The quantitative estimate of drug-likeness (QED) is 0.721. The normalized spacial score (nSPS) is 11.9. The van der Waals surface area contributed by atoms with Gasteiger partial charge in [-0.1, -0.05) is 36.4 Å². The van der Waals surface area contributed by atoms with Gasteiger partial charge in [0.2, 0.25) is 0 Å². The fourth-order valence-corrected chi connectivity index (χ4v) is 2.24. The van der Waals surface area contributed by atoms with Crippen LogP contribution < -0.4 is 10.2 Å². The van der Waals surface area contributed by atoms with Gasteiger partial charge in [0.25, 0.3) is 0 Å². The van der Waals surface area contributed by atoms with Crippen LogP contribution in [-0.4, -0.2) is 27.6 Å². The van der Waals surface area contributed by atoms with E-state index in [1.54, 1.807) is 24.5 Å². The maximum atomic E-state index is 11.0. The van der Waals surface area contributed by atoms with E-state index in [2.05, 4.69) is 4.72 Å². The Balaban J connectivity index is 2.26. The van der Waals surface area contributed by atoms with Crippen molar-refractivity contribution < 1.29 is 14.3 Å². The molecule has 0 fully saturated rings. The van der Waals surface area contributed by atoms with Crippen LogP contribution >= 0.6 is 0 Å². The fraction of sp³-hybridized carbons (Fsp3) is 0.0769. The van der Waals surface area contributed by atoms with Crippen LogP contribution in [0.2, 0.25) is 0 Å². The zero-order valence-corrected chi connectivity index (χ0v) is 11.2. The summed E-state index contributed by atoms with van der Waals surface area (Å²) >= 11 is 0. The van der Waals surface area contributed by atoms with E-state index < -0.39 is 18.1 Å². The Morgan fingerprint density at radius 1 is 1.05 bits per heavy atom. The minimum Gasteiger partial charge on any atom is -0.423 e. The summed E-state index contributed by atoms with van der Waals surface area (Å²) < 4.78 is 13.8. The molecule has 1 atom stereocenters. The molecule has 0 saturated carbocycles. The predicted molar refractivity (Wildman–Crippen MR) is 79.4 cm³/mol. The summed E-state index contributed by atoms with van der Waals surface area (Å²) in [6.45, 7) is 0. The van der Waals surface area contributed by atoms with E-state index in [-0.39, 0.29) is 0 Å². The summed E-state index contributed by atoms with van der Waals surface area (Å²) in [4.78, 5) is 0. The van der Waals surface area contributed by atoms with Crippen LogP contribution in [0, 0.1) is 0 Å². The maximum absolute atomic E-state index is 11.0. The number of rotatable bonds is 4. The predicted octanol–water partition coefficient (Wildman–Crippen LogP) is 0.739. The summed E-state index contributed by atoms with van der Waals surface area (Å²) in [6.07, 6.45) is 1.57. The van der Waals surface area contributed by atoms with E-state index in [0.29, 0.717) is 5.46 Å². The fourth-order valence-electron chi connectivity index (χ4n) is 1.78. The minimum absolute atomic E-state index is 0.453. The van der Waals surface area contributed by atoms with Gasteiger partial charge in [-0.2, -0.15) is 0 Å². The lowest BCUT2D eigenvalue weighted by atomic mass is 9.79. The molecule has 0 radical (unpaired) electrons. The highest BCUT2D eigenvalue weighted by Gasteiger charge is 2.11. The molecule has 0 amide bonds. The Morgan fingerprint density at radius 2 is 1.74 bits per heavy atom. The van der Waals surface area contributed by atoms with E-state index in [1.807, 2.05) is 30.3 Å². The minimum atomic E-state index is -1.47. The Morgan fingerprint density at radius 3 is 2.32 bits per heavy atom. The van der Waals surface area contributed by atoms with Crippen molar-refractivity contribution in [1.82, 2.24) is 0 Å². The number of nitrogens with one attached hydrogen (secondary N) is 1. The van der Waals surface area contributed by atoms with Crippen molar-refractivity contribution in [2.45, 2.75) is 0 Å². The standard InChI is InChI=1S/C13H14BNO3S/c1-19(18)15-13-7-5-10(6-8-13)11-3-2-4-12(9-11)14(16)17/h2-9,15-17H,1H3. The molecule has 4 nitrogen and oxygen atoms in total. The van der Waals surface area contributed by atoms with Crippen molar-refractivity contribution in [3.05, 3.63) is 48.5 Å². The van der Waals surface area contributed by atoms with Gasteiger partial charge in [-0.15, -0.1) is 0 Å². The van der Waals surface area contributed by atoms with Gasteiger partial charge in [0.05, 0.1) is 0 Å². The van der Waals surface area contributed by atoms with Crippen LogP contribution in [0.1, 0.15) is 0 Å². The molecule has 98 valence electrons. The second kappa shape index (κ2) is 6.01. The highest BCUT2D eigenvalue weighted by Crippen LogP contribution is 2.20. The van der Waals surface area contributed by atoms with Crippen molar-refractivity contribution in [3.63, 3.8) is 0 Å². The largest absolute Gasteiger partial charge is 0.488 e. The van der Waals surface area contributed by atoms with Crippen molar-refractivity contribution in [1.29, 1.82) is 0 Å². The Hall–Kier alpha value is -1.63. The Bertz CT molecular complexity index is 587. The lowest BCUT2D eigenvalue weighted by molar-refractivity contribution is 0.426. The number of hydrogen-bond acceptors (Lipinski definition) is 3. The molecular formula is C13H14BNO3S. The van der Waals surface area contributed by atoms with E-state index in [4.69, 9.17) is 10.0 Å². The second-order valence-corrected chi connectivity index (χ2v) is 5.25. The Labute approximate surface area is 114 Å². The molecule has 0 aliphatic heterocycles. The van der Waals surface area contributed by atoms with Crippen LogP contribution in [0.25, 0.3) is 11.1 Å². The average molecular weight is 275 g/mol. The molecule has 0 saturated heterocycles. The Kier molecular flexibility index (Phi) is 4.37. The lowest BCUT2D eigenvalue weighted by Crippen LogP contribution is -2.29. The van der Waals surface area contributed by atoms with E-state index in [0.717, 1.165) is 16.8 Å². The first-order chi connectivity index (χ1) is 9.06. The van der Waals surface area contributed by atoms with Gasteiger partial charge in [0.15, 0.2) is 0 Å². The van der Waals surface area contributed by atoms with Gasteiger partial charge < -0.3 is 14.8 Å². The molecule has 0 aliphatic rings. The third-order valence-electron chi connectivity index (χ3n) is 2.66. The lowest BCUT2D eigenvalue weighted by Gasteiger charge is -2.07. The van der Waals surface area contributed by atoms with Crippen LogP contribution in [0.5, 0.6) is 0 Å². The summed E-state index contributed by atoms with van der Waals surface area (Å²) in [5.74, 6) is 0. The van der Waals surface area contributed by atoms with Crippen LogP contribution in [0.3, 0.4) is 0 Å². The third kappa shape index (κ3) is 3.67. The summed E-state index contributed by atoms with van der Waals surface area (Å²) in [6, 6.07) is 14.5. The second-order valence-electron chi connectivity index (χ2n) is 4.13. The van der Waals surface area contributed by atoms with E-state index >= 15 is 0 Å². The number of hydrogen-bond donors (Lipinski definition) is 3. The first kappa shape index (κ1) is 13.8. The van der Waals surface area contributed by atoms with Gasteiger partial charge in [0.1, 0.15) is 11.0 Å². The molecule has 0 bridgehead atoms. The monoisotopic (exact) mass is 275 g/mol. The maximum Gasteiger partial charge on any atom is 0.488 e. The third-order valence-corrected chi connectivity index (χ3v) is 3.19. The average Bonchev–Trinajstić information content (AvgIpc) is 2.39. The van der Waals surface area contributed by atoms with Crippen molar-refractivity contribution in [3.8, 4) is 11.1 Å². The molecule has 3 N–H and O–H groups in total. The summed E-state index contributed by atoms with van der Waals surface area (Å²) in [5.41, 5.74) is 3.09. The van der Waals surface area contributed by atoms with E-state index in [9.17, 15) is 4.21 Å².